The molecule has 6 heteroatoms. The molecule has 1 heterocycles. The Kier molecular flexibility index (Phi) is 5.88. The van der Waals surface area contributed by atoms with Gasteiger partial charge in [-0.05, 0) is 53.6 Å². The fraction of sp³-hybridized carbons (Fsp3) is 0.136. The molecule has 3 aromatic rings. The van der Waals surface area contributed by atoms with Crippen LogP contribution in [0.25, 0.3) is 0 Å². The SMILES string of the molecule is Oc1ccc(Br)cc1C1CC(c2cccc(Br)c2)=NC(c2ccc(Cl)cc2)N1. The number of phenols is 1. The summed E-state index contributed by atoms with van der Waals surface area (Å²) in [6.45, 7) is 0. The van der Waals surface area contributed by atoms with Gasteiger partial charge in [0.2, 0.25) is 0 Å². The summed E-state index contributed by atoms with van der Waals surface area (Å²) >= 11 is 13.1. The topological polar surface area (TPSA) is 44.6 Å². The minimum Gasteiger partial charge on any atom is -0.508 e. The molecular weight excluding hydrogens is 504 g/mol. The van der Waals surface area contributed by atoms with Gasteiger partial charge in [0, 0.05) is 37.7 Å². The second-order valence-corrected chi connectivity index (χ2v) is 8.93. The lowest BCUT2D eigenvalue weighted by Crippen LogP contribution is -2.33. The van der Waals surface area contributed by atoms with Gasteiger partial charge < -0.3 is 5.11 Å². The van der Waals surface area contributed by atoms with Gasteiger partial charge in [-0.3, -0.25) is 10.3 Å². The van der Waals surface area contributed by atoms with E-state index in [1.807, 2.05) is 48.5 Å². The van der Waals surface area contributed by atoms with Crippen LogP contribution in [0.2, 0.25) is 5.02 Å². The molecule has 0 amide bonds. The van der Waals surface area contributed by atoms with Gasteiger partial charge in [-0.1, -0.05) is 67.7 Å². The highest BCUT2D eigenvalue weighted by Crippen LogP contribution is 2.36. The Morgan fingerprint density at radius 2 is 1.71 bits per heavy atom. The number of hydrogen-bond donors (Lipinski definition) is 2. The van der Waals surface area contributed by atoms with Crippen LogP contribution in [0.3, 0.4) is 0 Å². The molecule has 0 fully saturated rings. The first-order valence-corrected chi connectivity index (χ1v) is 10.8. The molecule has 0 radical (unpaired) electrons. The van der Waals surface area contributed by atoms with E-state index in [4.69, 9.17) is 16.6 Å². The van der Waals surface area contributed by atoms with Gasteiger partial charge in [-0.25, -0.2) is 0 Å². The van der Waals surface area contributed by atoms with Crippen molar-refractivity contribution in [2.45, 2.75) is 18.6 Å². The normalized spacial score (nSPS) is 19.3. The molecule has 2 atom stereocenters. The van der Waals surface area contributed by atoms with Crippen molar-refractivity contribution >= 4 is 49.2 Å². The smallest absolute Gasteiger partial charge is 0.126 e. The molecule has 1 aliphatic heterocycles. The summed E-state index contributed by atoms with van der Waals surface area (Å²) in [6, 6.07) is 21.3. The van der Waals surface area contributed by atoms with Crippen LogP contribution in [0.4, 0.5) is 0 Å². The van der Waals surface area contributed by atoms with Gasteiger partial charge in [0.25, 0.3) is 0 Å². The van der Waals surface area contributed by atoms with Crippen LogP contribution >= 0.6 is 43.5 Å². The van der Waals surface area contributed by atoms with E-state index in [1.165, 1.54) is 0 Å². The first kappa shape index (κ1) is 19.6. The van der Waals surface area contributed by atoms with Crippen molar-refractivity contribution in [3.63, 3.8) is 0 Å². The summed E-state index contributed by atoms with van der Waals surface area (Å²) in [5, 5.41) is 14.7. The van der Waals surface area contributed by atoms with Crippen molar-refractivity contribution in [3.05, 3.63) is 97.4 Å². The number of hydrogen-bond acceptors (Lipinski definition) is 3. The van der Waals surface area contributed by atoms with Crippen molar-refractivity contribution in [2.75, 3.05) is 0 Å². The number of rotatable bonds is 3. The largest absolute Gasteiger partial charge is 0.508 e. The molecule has 3 nitrogen and oxygen atoms in total. The Labute approximate surface area is 185 Å². The second-order valence-electron chi connectivity index (χ2n) is 6.67. The predicted molar refractivity (Wildman–Crippen MR) is 121 cm³/mol. The number of benzene rings is 3. The Bertz CT molecular complexity index is 1040. The summed E-state index contributed by atoms with van der Waals surface area (Å²) in [5.74, 6) is 0.269. The Hall–Kier alpha value is -1.66. The molecule has 3 aromatic carbocycles. The zero-order valence-electron chi connectivity index (χ0n) is 14.7. The van der Waals surface area contributed by atoms with Gasteiger partial charge in [0.1, 0.15) is 11.9 Å². The summed E-state index contributed by atoms with van der Waals surface area (Å²) in [4.78, 5) is 4.97. The third kappa shape index (κ3) is 4.33. The summed E-state index contributed by atoms with van der Waals surface area (Å²) in [6.07, 6.45) is 0.438. The first-order chi connectivity index (χ1) is 13.5. The lowest BCUT2D eigenvalue weighted by atomic mass is 9.93. The van der Waals surface area contributed by atoms with Gasteiger partial charge in [-0.2, -0.15) is 0 Å². The maximum absolute atomic E-state index is 10.5. The highest BCUT2D eigenvalue weighted by atomic mass is 79.9. The molecule has 1 aliphatic rings. The Morgan fingerprint density at radius 3 is 2.46 bits per heavy atom. The number of halogens is 3. The molecule has 0 saturated heterocycles. The maximum Gasteiger partial charge on any atom is 0.126 e. The fourth-order valence-corrected chi connectivity index (χ4v) is 4.27. The molecule has 0 saturated carbocycles. The molecule has 4 rings (SSSR count). The highest BCUT2D eigenvalue weighted by Gasteiger charge is 2.27. The van der Waals surface area contributed by atoms with Crippen LogP contribution in [-0.4, -0.2) is 10.8 Å². The van der Waals surface area contributed by atoms with Gasteiger partial charge in [-0.15, -0.1) is 0 Å². The Morgan fingerprint density at radius 1 is 0.964 bits per heavy atom. The monoisotopic (exact) mass is 518 g/mol. The van der Waals surface area contributed by atoms with Crippen molar-refractivity contribution in [3.8, 4) is 5.75 Å². The molecule has 0 aromatic heterocycles. The van der Waals surface area contributed by atoms with Gasteiger partial charge >= 0.3 is 0 Å². The Balaban J connectivity index is 1.77. The van der Waals surface area contributed by atoms with Gasteiger partial charge in [0.15, 0.2) is 0 Å². The third-order valence-electron chi connectivity index (χ3n) is 4.75. The fourth-order valence-electron chi connectivity index (χ4n) is 3.37. The van der Waals surface area contributed by atoms with E-state index in [2.05, 4.69) is 49.3 Å². The molecule has 2 N–H and O–H groups in total. The molecule has 0 bridgehead atoms. The number of nitrogens with one attached hydrogen (secondary N) is 1. The average Bonchev–Trinajstić information content (AvgIpc) is 2.70. The van der Waals surface area contributed by atoms with Crippen molar-refractivity contribution in [1.82, 2.24) is 5.32 Å². The van der Waals surface area contributed by atoms with Crippen LogP contribution in [0.1, 0.15) is 35.3 Å². The van der Waals surface area contributed by atoms with E-state index < -0.39 is 0 Å². The van der Waals surface area contributed by atoms with Crippen LogP contribution in [-0.2, 0) is 0 Å². The van der Waals surface area contributed by atoms with Crippen LogP contribution in [0.15, 0.2) is 80.7 Å². The number of aromatic hydroxyl groups is 1. The minimum atomic E-state index is -0.233. The molecular formula is C22H17Br2ClN2O. The van der Waals surface area contributed by atoms with E-state index in [0.29, 0.717) is 11.4 Å². The van der Waals surface area contributed by atoms with Gasteiger partial charge in [0.05, 0.1) is 0 Å². The summed E-state index contributed by atoms with van der Waals surface area (Å²) < 4.78 is 1.94. The number of phenolic OH excluding ortho intramolecular Hbond substituents is 1. The standard InChI is InChI=1S/C22H17Br2ClN2O/c23-15-3-1-2-14(10-15)19-12-20(18-11-16(24)6-9-21(18)28)27-22(26-19)13-4-7-17(25)8-5-13/h1-11,20,22,27-28H,12H2. The van der Waals surface area contributed by atoms with Crippen LogP contribution in [0, 0.1) is 0 Å². The molecule has 0 aliphatic carbocycles. The highest BCUT2D eigenvalue weighted by molar-refractivity contribution is 9.10. The zero-order valence-corrected chi connectivity index (χ0v) is 18.7. The quantitative estimate of drug-likeness (QED) is 0.399. The lowest BCUT2D eigenvalue weighted by Gasteiger charge is -2.31. The van der Waals surface area contributed by atoms with E-state index in [9.17, 15) is 5.11 Å². The molecule has 28 heavy (non-hydrogen) atoms. The number of aliphatic imine (C=N–C) groups is 1. The predicted octanol–water partition coefficient (Wildman–Crippen LogP) is 6.79. The minimum absolute atomic E-state index is 0.0790. The number of nitrogens with zero attached hydrogens (tertiary/aromatic N) is 1. The lowest BCUT2D eigenvalue weighted by molar-refractivity contribution is 0.412. The first-order valence-electron chi connectivity index (χ1n) is 8.82. The van der Waals surface area contributed by atoms with E-state index in [1.54, 1.807) is 6.07 Å². The van der Waals surface area contributed by atoms with Crippen molar-refractivity contribution < 1.29 is 5.11 Å². The van der Waals surface area contributed by atoms with E-state index >= 15 is 0 Å². The molecule has 142 valence electrons. The average molecular weight is 521 g/mol. The summed E-state index contributed by atoms with van der Waals surface area (Å²) in [5.41, 5.74) is 3.92. The molecule has 2 unspecified atom stereocenters. The van der Waals surface area contributed by atoms with Crippen molar-refractivity contribution in [1.29, 1.82) is 0 Å². The summed E-state index contributed by atoms with van der Waals surface area (Å²) in [7, 11) is 0. The second kappa shape index (κ2) is 8.37. The van der Waals surface area contributed by atoms with Crippen molar-refractivity contribution in [2.24, 2.45) is 4.99 Å². The maximum atomic E-state index is 10.5. The van der Waals surface area contributed by atoms with Crippen LogP contribution < -0.4 is 5.32 Å². The third-order valence-corrected chi connectivity index (χ3v) is 5.99. The molecule has 0 spiro atoms. The van der Waals surface area contributed by atoms with Crippen LogP contribution in [0.5, 0.6) is 5.75 Å². The van der Waals surface area contributed by atoms with E-state index in [-0.39, 0.29) is 18.0 Å². The zero-order chi connectivity index (χ0) is 19.7. The van der Waals surface area contributed by atoms with E-state index in [0.717, 1.165) is 31.3 Å².